The molecule has 1 fully saturated rings. The topological polar surface area (TPSA) is 44.4 Å². The fourth-order valence-corrected chi connectivity index (χ4v) is 2.10. The van der Waals surface area contributed by atoms with Gasteiger partial charge >= 0.3 is 0 Å². The van der Waals surface area contributed by atoms with E-state index in [0.717, 1.165) is 32.7 Å². The summed E-state index contributed by atoms with van der Waals surface area (Å²) in [7, 11) is 0. The van der Waals surface area contributed by atoms with Crippen molar-refractivity contribution < 1.29 is 4.79 Å². The summed E-state index contributed by atoms with van der Waals surface area (Å²) in [5, 5.41) is 6.46. The second kappa shape index (κ2) is 6.23. The van der Waals surface area contributed by atoms with Gasteiger partial charge < -0.3 is 10.6 Å². The Labute approximate surface area is 118 Å². The highest BCUT2D eigenvalue weighted by Crippen LogP contribution is 2.25. The normalized spacial score (nSPS) is 18.7. The van der Waals surface area contributed by atoms with Crippen LogP contribution in [0.5, 0.6) is 0 Å². The SMILES string of the molecule is CC(C)C(C)(C)CNC(=O)C(C)(C)N1CCNCC1. The highest BCUT2D eigenvalue weighted by Gasteiger charge is 2.36. The lowest BCUT2D eigenvalue weighted by Gasteiger charge is -2.40. The monoisotopic (exact) mass is 269 g/mol. The molecule has 1 aliphatic rings. The van der Waals surface area contributed by atoms with Crippen LogP contribution in [0.1, 0.15) is 41.5 Å². The largest absolute Gasteiger partial charge is 0.354 e. The molecular formula is C15H31N3O. The van der Waals surface area contributed by atoms with E-state index in [2.05, 4.69) is 43.2 Å². The van der Waals surface area contributed by atoms with Crippen molar-refractivity contribution in [1.82, 2.24) is 15.5 Å². The van der Waals surface area contributed by atoms with Crippen LogP contribution in [0, 0.1) is 11.3 Å². The summed E-state index contributed by atoms with van der Waals surface area (Å²) in [4.78, 5) is 14.7. The molecule has 0 unspecified atom stereocenters. The Hall–Kier alpha value is -0.610. The predicted octanol–water partition coefficient (Wildman–Crippen LogP) is 1.47. The molecule has 4 nitrogen and oxygen atoms in total. The van der Waals surface area contributed by atoms with Crippen molar-refractivity contribution >= 4 is 5.91 Å². The lowest BCUT2D eigenvalue weighted by atomic mass is 9.81. The molecule has 112 valence electrons. The van der Waals surface area contributed by atoms with Crippen LogP contribution in [0.4, 0.5) is 0 Å². The maximum atomic E-state index is 12.5. The fraction of sp³-hybridized carbons (Fsp3) is 0.933. The molecule has 0 aromatic carbocycles. The van der Waals surface area contributed by atoms with Crippen LogP contribution in [-0.4, -0.2) is 49.1 Å². The summed E-state index contributed by atoms with van der Waals surface area (Å²) in [5.74, 6) is 0.693. The smallest absolute Gasteiger partial charge is 0.239 e. The predicted molar refractivity (Wildman–Crippen MR) is 80.2 cm³/mol. The number of nitrogens with zero attached hydrogens (tertiary/aromatic N) is 1. The van der Waals surface area contributed by atoms with Crippen LogP contribution in [0.3, 0.4) is 0 Å². The Morgan fingerprint density at radius 3 is 2.21 bits per heavy atom. The summed E-state index contributed by atoms with van der Waals surface area (Å²) in [5.41, 5.74) is -0.287. The second-order valence-electron chi connectivity index (χ2n) is 7.12. The number of piperazine rings is 1. The fourth-order valence-electron chi connectivity index (χ4n) is 2.10. The van der Waals surface area contributed by atoms with Gasteiger partial charge in [-0.25, -0.2) is 0 Å². The van der Waals surface area contributed by atoms with Gasteiger partial charge in [-0.15, -0.1) is 0 Å². The van der Waals surface area contributed by atoms with E-state index in [4.69, 9.17) is 0 Å². The van der Waals surface area contributed by atoms with Crippen molar-refractivity contribution in [2.45, 2.75) is 47.1 Å². The maximum Gasteiger partial charge on any atom is 0.239 e. The van der Waals surface area contributed by atoms with E-state index in [1.807, 2.05) is 13.8 Å². The van der Waals surface area contributed by atoms with Crippen LogP contribution >= 0.6 is 0 Å². The Bertz CT molecular complexity index is 305. The summed E-state index contributed by atoms with van der Waals surface area (Å²) in [6.45, 7) is 17.4. The van der Waals surface area contributed by atoms with Crippen molar-refractivity contribution in [3.63, 3.8) is 0 Å². The van der Waals surface area contributed by atoms with E-state index >= 15 is 0 Å². The van der Waals surface area contributed by atoms with E-state index in [1.165, 1.54) is 0 Å². The third-order valence-corrected chi connectivity index (χ3v) is 4.73. The molecule has 0 spiro atoms. The lowest BCUT2D eigenvalue weighted by Crippen LogP contribution is -2.60. The first-order valence-electron chi connectivity index (χ1n) is 7.42. The molecule has 2 N–H and O–H groups in total. The molecule has 1 aliphatic heterocycles. The average Bonchev–Trinajstić information content (AvgIpc) is 2.36. The number of carbonyl (C=O) groups is 1. The highest BCUT2D eigenvalue weighted by atomic mass is 16.2. The molecule has 1 heterocycles. The summed E-state index contributed by atoms with van der Waals surface area (Å²) in [6, 6.07) is 0. The number of amides is 1. The zero-order valence-corrected chi connectivity index (χ0v) is 13.5. The molecule has 0 aromatic heterocycles. The Balaban J connectivity index is 2.56. The zero-order valence-electron chi connectivity index (χ0n) is 13.5. The van der Waals surface area contributed by atoms with E-state index in [1.54, 1.807) is 0 Å². The third kappa shape index (κ3) is 4.18. The third-order valence-electron chi connectivity index (χ3n) is 4.73. The molecule has 0 atom stereocenters. The van der Waals surface area contributed by atoms with E-state index in [9.17, 15) is 4.79 Å². The van der Waals surface area contributed by atoms with Gasteiger partial charge in [0, 0.05) is 32.7 Å². The minimum atomic E-state index is -0.421. The molecular weight excluding hydrogens is 238 g/mol. The molecule has 0 radical (unpaired) electrons. The van der Waals surface area contributed by atoms with Gasteiger partial charge in [0.15, 0.2) is 0 Å². The van der Waals surface area contributed by atoms with Gasteiger partial charge in [0.05, 0.1) is 5.54 Å². The number of carbonyl (C=O) groups excluding carboxylic acids is 1. The van der Waals surface area contributed by atoms with Gasteiger partial charge in [-0.3, -0.25) is 9.69 Å². The zero-order chi connectivity index (χ0) is 14.7. The molecule has 0 saturated carbocycles. The number of hydrogen-bond acceptors (Lipinski definition) is 3. The first-order chi connectivity index (χ1) is 8.68. The van der Waals surface area contributed by atoms with E-state index in [0.29, 0.717) is 5.92 Å². The molecule has 0 aromatic rings. The van der Waals surface area contributed by atoms with Crippen LogP contribution < -0.4 is 10.6 Å². The van der Waals surface area contributed by atoms with Crippen molar-refractivity contribution in [2.75, 3.05) is 32.7 Å². The summed E-state index contributed by atoms with van der Waals surface area (Å²) < 4.78 is 0. The number of rotatable bonds is 5. The first kappa shape index (κ1) is 16.4. The van der Waals surface area contributed by atoms with Crippen LogP contribution in [0.2, 0.25) is 0 Å². The Morgan fingerprint density at radius 1 is 1.21 bits per heavy atom. The molecule has 19 heavy (non-hydrogen) atoms. The molecule has 4 heteroatoms. The van der Waals surface area contributed by atoms with Crippen molar-refractivity contribution in [1.29, 1.82) is 0 Å². The Kier molecular flexibility index (Phi) is 5.39. The number of nitrogens with one attached hydrogen (secondary N) is 2. The maximum absolute atomic E-state index is 12.5. The van der Waals surface area contributed by atoms with Gasteiger partial charge in [0.1, 0.15) is 0 Å². The minimum absolute atomic E-state index is 0.134. The van der Waals surface area contributed by atoms with Crippen molar-refractivity contribution in [3.8, 4) is 0 Å². The summed E-state index contributed by atoms with van der Waals surface area (Å²) in [6.07, 6.45) is 0. The van der Waals surface area contributed by atoms with Crippen LogP contribution in [-0.2, 0) is 4.79 Å². The average molecular weight is 269 g/mol. The molecule has 1 saturated heterocycles. The van der Waals surface area contributed by atoms with Gasteiger partial charge in [-0.1, -0.05) is 27.7 Å². The van der Waals surface area contributed by atoms with Gasteiger partial charge in [0.25, 0.3) is 0 Å². The highest BCUT2D eigenvalue weighted by molar-refractivity contribution is 5.85. The summed E-state index contributed by atoms with van der Waals surface area (Å²) >= 11 is 0. The van der Waals surface area contributed by atoms with Gasteiger partial charge in [-0.2, -0.15) is 0 Å². The molecule has 0 aliphatic carbocycles. The quantitative estimate of drug-likeness (QED) is 0.794. The minimum Gasteiger partial charge on any atom is -0.354 e. The lowest BCUT2D eigenvalue weighted by molar-refractivity contribution is -0.132. The molecule has 0 bridgehead atoms. The van der Waals surface area contributed by atoms with Crippen molar-refractivity contribution in [2.24, 2.45) is 11.3 Å². The van der Waals surface area contributed by atoms with E-state index < -0.39 is 5.54 Å². The van der Waals surface area contributed by atoms with E-state index in [-0.39, 0.29) is 11.3 Å². The Morgan fingerprint density at radius 2 is 1.74 bits per heavy atom. The molecule has 1 rings (SSSR count). The first-order valence-corrected chi connectivity index (χ1v) is 7.42. The van der Waals surface area contributed by atoms with Gasteiger partial charge in [0.2, 0.25) is 5.91 Å². The van der Waals surface area contributed by atoms with Gasteiger partial charge in [-0.05, 0) is 25.2 Å². The standard InChI is InChI=1S/C15H31N3O/c1-12(2)14(3,4)11-17-13(19)15(5,6)18-9-7-16-8-10-18/h12,16H,7-11H2,1-6H3,(H,17,19). The van der Waals surface area contributed by atoms with Crippen molar-refractivity contribution in [3.05, 3.63) is 0 Å². The molecule has 1 amide bonds. The number of hydrogen-bond donors (Lipinski definition) is 2. The second-order valence-corrected chi connectivity index (χ2v) is 7.12. The van der Waals surface area contributed by atoms with Crippen LogP contribution in [0.15, 0.2) is 0 Å². The van der Waals surface area contributed by atoms with Crippen LogP contribution in [0.25, 0.3) is 0 Å².